The second-order valence-corrected chi connectivity index (χ2v) is 5.12. The molecule has 0 heterocycles. The molecule has 0 spiro atoms. The lowest BCUT2D eigenvalue weighted by Gasteiger charge is -2.10. The van der Waals surface area contributed by atoms with E-state index in [4.69, 9.17) is 21.1 Å². The molecule has 0 amide bonds. The summed E-state index contributed by atoms with van der Waals surface area (Å²) in [7, 11) is 1.58. The molecule has 2 aromatic carbocycles. The molecule has 0 aromatic heterocycles. The Bertz CT molecular complexity index is 758. The van der Waals surface area contributed by atoms with Gasteiger partial charge in [-0.15, -0.1) is 0 Å². The van der Waals surface area contributed by atoms with E-state index >= 15 is 0 Å². The van der Waals surface area contributed by atoms with Crippen LogP contribution in [0.5, 0.6) is 11.5 Å². The first-order chi connectivity index (χ1) is 11.2. The zero-order valence-corrected chi connectivity index (χ0v) is 13.5. The number of hydrogen-bond donors (Lipinski definition) is 0. The maximum absolute atomic E-state index is 9.39. The van der Waals surface area contributed by atoms with E-state index < -0.39 is 0 Å². The number of halogens is 1. The van der Waals surface area contributed by atoms with Gasteiger partial charge in [0.1, 0.15) is 6.61 Å². The zero-order valence-electron chi connectivity index (χ0n) is 12.8. The van der Waals surface area contributed by atoms with Crippen molar-refractivity contribution in [2.24, 2.45) is 0 Å². The van der Waals surface area contributed by atoms with Gasteiger partial charge in [-0.05, 0) is 41.5 Å². The third-order valence-electron chi connectivity index (χ3n) is 3.13. The van der Waals surface area contributed by atoms with E-state index in [1.54, 1.807) is 31.4 Å². The number of hydrogen-bond acceptors (Lipinski definition) is 3. The summed E-state index contributed by atoms with van der Waals surface area (Å²) >= 11 is 5.88. The largest absolute Gasteiger partial charge is 0.493 e. The number of ether oxygens (including phenoxy) is 2. The molecule has 0 saturated carbocycles. The smallest absolute Gasteiger partial charge is 0.161 e. The van der Waals surface area contributed by atoms with Crippen molar-refractivity contribution >= 4 is 23.3 Å². The molecule has 23 heavy (non-hydrogen) atoms. The molecule has 0 aliphatic rings. The summed E-state index contributed by atoms with van der Waals surface area (Å²) in [6.45, 7) is 4.02. The Kier molecular flexibility index (Phi) is 5.85. The van der Waals surface area contributed by atoms with Gasteiger partial charge < -0.3 is 9.47 Å². The molecule has 0 radical (unpaired) electrons. The third kappa shape index (κ3) is 4.38. The Hall–Kier alpha value is -2.70. The fourth-order valence-corrected chi connectivity index (χ4v) is 2.14. The molecule has 4 heteroatoms. The Morgan fingerprint density at radius 3 is 2.57 bits per heavy atom. The monoisotopic (exact) mass is 325 g/mol. The maximum Gasteiger partial charge on any atom is 0.161 e. The van der Waals surface area contributed by atoms with Crippen LogP contribution in [0.3, 0.4) is 0 Å². The van der Waals surface area contributed by atoms with Gasteiger partial charge in [-0.2, -0.15) is 5.26 Å². The van der Waals surface area contributed by atoms with Gasteiger partial charge in [-0.25, -0.2) is 0 Å². The number of allylic oxidation sites excluding steroid dienone is 1. The van der Waals surface area contributed by atoms with E-state index in [1.165, 1.54) is 0 Å². The Labute approximate surface area is 141 Å². The van der Waals surface area contributed by atoms with Crippen molar-refractivity contribution in [2.45, 2.75) is 0 Å². The summed E-state index contributed by atoms with van der Waals surface area (Å²) in [4.78, 5) is 0. The lowest BCUT2D eigenvalue weighted by atomic mass is 10.0. The molecule has 3 nitrogen and oxygen atoms in total. The molecule has 0 bridgehead atoms. The topological polar surface area (TPSA) is 42.2 Å². The molecule has 0 N–H and O–H groups in total. The average molecular weight is 326 g/mol. The number of nitrogens with zero attached hydrogens (tertiary/aromatic N) is 1. The van der Waals surface area contributed by atoms with Crippen LogP contribution in [-0.2, 0) is 0 Å². The molecule has 116 valence electrons. The fourth-order valence-electron chi connectivity index (χ4n) is 2.02. The minimum atomic E-state index is 0.403. The van der Waals surface area contributed by atoms with E-state index in [2.05, 4.69) is 12.6 Å². The van der Waals surface area contributed by atoms with Crippen LogP contribution in [0.4, 0.5) is 0 Å². The summed E-state index contributed by atoms with van der Waals surface area (Å²) in [6.07, 6.45) is 3.46. The molecule has 0 atom stereocenters. The van der Waals surface area contributed by atoms with Crippen LogP contribution in [0.1, 0.15) is 11.1 Å². The van der Waals surface area contributed by atoms with Crippen molar-refractivity contribution < 1.29 is 9.47 Å². The van der Waals surface area contributed by atoms with Gasteiger partial charge in [0, 0.05) is 5.02 Å². The van der Waals surface area contributed by atoms with Crippen molar-refractivity contribution in [1.29, 1.82) is 5.26 Å². The van der Waals surface area contributed by atoms with E-state index in [0.717, 1.165) is 11.1 Å². The SMILES string of the molecule is C=CCOc1ccc(C=C(C#N)c2ccc(Cl)cc2)cc1OC. The van der Waals surface area contributed by atoms with E-state index in [0.29, 0.717) is 28.7 Å². The van der Waals surface area contributed by atoms with Gasteiger partial charge in [0.15, 0.2) is 11.5 Å². The van der Waals surface area contributed by atoms with Crippen molar-refractivity contribution in [3.05, 3.63) is 71.3 Å². The second kappa shape index (κ2) is 8.07. The Balaban J connectivity index is 2.34. The van der Waals surface area contributed by atoms with Crippen LogP contribution in [0.15, 0.2) is 55.1 Å². The van der Waals surface area contributed by atoms with Gasteiger partial charge in [0.05, 0.1) is 18.8 Å². The number of nitriles is 1. The lowest BCUT2D eigenvalue weighted by molar-refractivity contribution is 0.326. The van der Waals surface area contributed by atoms with Crippen LogP contribution in [0.2, 0.25) is 5.02 Å². The number of benzene rings is 2. The van der Waals surface area contributed by atoms with Crippen LogP contribution >= 0.6 is 11.6 Å². The molecular formula is C19H16ClNO2. The highest BCUT2D eigenvalue weighted by Crippen LogP contribution is 2.30. The summed E-state index contributed by atoms with van der Waals surface area (Å²) in [6, 6.07) is 14.9. The highest BCUT2D eigenvalue weighted by Gasteiger charge is 2.06. The first kappa shape index (κ1) is 16.7. The zero-order chi connectivity index (χ0) is 16.7. The summed E-state index contributed by atoms with van der Waals surface area (Å²) in [5.74, 6) is 1.24. The predicted octanol–water partition coefficient (Wildman–Crippen LogP) is 4.98. The third-order valence-corrected chi connectivity index (χ3v) is 3.38. The minimum Gasteiger partial charge on any atom is -0.493 e. The number of methoxy groups -OCH3 is 1. The quantitative estimate of drug-likeness (QED) is 0.427. The first-order valence-corrected chi connectivity index (χ1v) is 7.35. The highest BCUT2D eigenvalue weighted by atomic mass is 35.5. The van der Waals surface area contributed by atoms with Crippen LogP contribution in [0.25, 0.3) is 11.6 Å². The standard InChI is InChI=1S/C19H16ClNO2/c1-3-10-23-18-9-4-14(12-19(18)22-2)11-16(13-21)15-5-7-17(20)8-6-15/h3-9,11-12H,1,10H2,2H3. The second-order valence-electron chi connectivity index (χ2n) is 4.69. The lowest BCUT2D eigenvalue weighted by Crippen LogP contribution is -1.96. The van der Waals surface area contributed by atoms with Crippen molar-refractivity contribution in [3.8, 4) is 17.6 Å². The van der Waals surface area contributed by atoms with E-state index in [1.807, 2.05) is 30.3 Å². The predicted molar refractivity (Wildman–Crippen MR) is 93.6 cm³/mol. The summed E-state index contributed by atoms with van der Waals surface area (Å²) in [5.41, 5.74) is 2.20. The van der Waals surface area contributed by atoms with Gasteiger partial charge >= 0.3 is 0 Å². The number of rotatable bonds is 6. The van der Waals surface area contributed by atoms with Crippen molar-refractivity contribution in [1.82, 2.24) is 0 Å². The van der Waals surface area contributed by atoms with E-state index in [9.17, 15) is 5.26 Å². The highest BCUT2D eigenvalue weighted by molar-refractivity contribution is 6.30. The molecule has 0 saturated heterocycles. The normalized spacial score (nSPS) is 10.7. The van der Waals surface area contributed by atoms with Crippen LogP contribution < -0.4 is 9.47 Å². The maximum atomic E-state index is 9.39. The van der Waals surface area contributed by atoms with Gasteiger partial charge in [-0.3, -0.25) is 0 Å². The Morgan fingerprint density at radius 2 is 1.96 bits per heavy atom. The minimum absolute atomic E-state index is 0.403. The molecule has 2 rings (SSSR count). The first-order valence-electron chi connectivity index (χ1n) is 6.97. The van der Waals surface area contributed by atoms with Crippen molar-refractivity contribution in [3.63, 3.8) is 0 Å². The fraction of sp³-hybridized carbons (Fsp3) is 0.105. The van der Waals surface area contributed by atoms with E-state index in [-0.39, 0.29) is 0 Å². The molecule has 0 fully saturated rings. The average Bonchev–Trinajstić information content (AvgIpc) is 2.59. The van der Waals surface area contributed by atoms with Crippen molar-refractivity contribution in [2.75, 3.05) is 13.7 Å². The van der Waals surface area contributed by atoms with Gasteiger partial charge in [-0.1, -0.05) is 42.5 Å². The molecule has 0 unspecified atom stereocenters. The summed E-state index contributed by atoms with van der Waals surface area (Å²) in [5, 5.41) is 10.0. The van der Waals surface area contributed by atoms with Crippen LogP contribution in [0, 0.1) is 11.3 Å². The molecule has 0 aliphatic carbocycles. The Morgan fingerprint density at radius 1 is 1.22 bits per heavy atom. The molecule has 0 aliphatic heterocycles. The van der Waals surface area contributed by atoms with Gasteiger partial charge in [0.25, 0.3) is 0 Å². The summed E-state index contributed by atoms with van der Waals surface area (Å²) < 4.78 is 10.8. The van der Waals surface area contributed by atoms with Gasteiger partial charge in [0.2, 0.25) is 0 Å². The van der Waals surface area contributed by atoms with Crippen LogP contribution in [-0.4, -0.2) is 13.7 Å². The molecular weight excluding hydrogens is 310 g/mol. The molecule has 2 aromatic rings.